The van der Waals surface area contributed by atoms with Crippen LogP contribution < -0.4 is 0 Å². The lowest BCUT2D eigenvalue weighted by Gasteiger charge is -2.24. The fourth-order valence-corrected chi connectivity index (χ4v) is 3.72. The Balaban J connectivity index is 1.41. The van der Waals surface area contributed by atoms with Crippen LogP contribution in [0.5, 0.6) is 0 Å². The molecule has 4 rings (SSSR count). The number of carbonyl (C=O) groups is 2. The number of ether oxygens (including phenoxy) is 5. The Bertz CT molecular complexity index is 1150. The van der Waals surface area contributed by atoms with E-state index in [1.54, 1.807) is 13.8 Å². The van der Waals surface area contributed by atoms with Crippen molar-refractivity contribution in [3.8, 4) is 0 Å². The van der Waals surface area contributed by atoms with Crippen molar-refractivity contribution in [1.82, 2.24) is 0 Å². The van der Waals surface area contributed by atoms with Crippen LogP contribution in [0.1, 0.15) is 34.6 Å². The molecule has 2 fully saturated rings. The number of nitro groups is 2. The Hall–Kier alpha value is -3.94. The van der Waals surface area contributed by atoms with E-state index in [0.717, 1.165) is 0 Å². The van der Waals surface area contributed by atoms with Gasteiger partial charge in [-0.2, -0.15) is 0 Å². The van der Waals surface area contributed by atoms with Crippen molar-refractivity contribution in [2.45, 2.75) is 44.2 Å². The van der Waals surface area contributed by atoms with E-state index in [9.17, 15) is 29.8 Å². The first kappa shape index (κ1) is 24.2. The molecule has 0 aromatic heterocycles. The molecule has 0 N–H and O–H groups in total. The smallest absolute Gasteiger partial charge is 0.340 e. The summed E-state index contributed by atoms with van der Waals surface area (Å²) in [4.78, 5) is 45.3. The van der Waals surface area contributed by atoms with Crippen LogP contribution in [0.2, 0.25) is 0 Å². The van der Waals surface area contributed by atoms with Crippen LogP contribution in [0.15, 0.2) is 48.5 Å². The molecule has 0 saturated carbocycles. The van der Waals surface area contributed by atoms with Crippen molar-refractivity contribution in [2.24, 2.45) is 0 Å². The third-order valence-electron chi connectivity index (χ3n) is 5.34. The minimum atomic E-state index is -1.19. The maximum Gasteiger partial charge on any atom is 0.340 e. The van der Waals surface area contributed by atoms with Crippen LogP contribution in [-0.4, -0.2) is 58.8 Å². The first-order valence-corrected chi connectivity index (χ1v) is 10.4. The SMILES string of the molecule is CC1(C)O[C@H]2[C@@H](OC(=O)c3ccc([N+](=O)[O-])cc3)O[C@H](COC(=O)c3ccc([N+](=O)[O-])cc3)[C@H]2O1. The van der Waals surface area contributed by atoms with Crippen LogP contribution in [0.25, 0.3) is 0 Å². The first-order chi connectivity index (χ1) is 16.5. The molecule has 184 valence electrons. The number of rotatable bonds is 7. The topological polar surface area (TPSA) is 167 Å². The van der Waals surface area contributed by atoms with Crippen LogP contribution in [0.4, 0.5) is 11.4 Å². The molecule has 13 heteroatoms. The summed E-state index contributed by atoms with van der Waals surface area (Å²) in [6, 6.07) is 9.77. The highest BCUT2D eigenvalue weighted by Gasteiger charge is 2.57. The summed E-state index contributed by atoms with van der Waals surface area (Å²) < 4.78 is 28.1. The minimum absolute atomic E-state index is 0.0713. The van der Waals surface area contributed by atoms with Crippen LogP contribution >= 0.6 is 0 Å². The molecule has 2 aromatic rings. The highest BCUT2D eigenvalue weighted by Crippen LogP contribution is 2.39. The van der Waals surface area contributed by atoms with Crippen molar-refractivity contribution in [2.75, 3.05) is 6.61 Å². The summed E-state index contributed by atoms with van der Waals surface area (Å²) >= 11 is 0. The molecule has 2 aliphatic heterocycles. The molecule has 0 bridgehead atoms. The van der Waals surface area contributed by atoms with Gasteiger partial charge >= 0.3 is 11.9 Å². The van der Waals surface area contributed by atoms with Gasteiger partial charge in [0.1, 0.15) is 18.8 Å². The summed E-state index contributed by atoms with van der Waals surface area (Å²) in [6.45, 7) is 3.07. The zero-order chi connectivity index (χ0) is 25.3. The molecule has 0 aliphatic carbocycles. The normalized spacial score (nSPS) is 24.4. The number of benzene rings is 2. The number of hydrogen-bond donors (Lipinski definition) is 0. The molecule has 0 unspecified atom stereocenters. The van der Waals surface area contributed by atoms with Gasteiger partial charge in [-0.1, -0.05) is 0 Å². The van der Waals surface area contributed by atoms with E-state index in [1.807, 2.05) is 0 Å². The maximum absolute atomic E-state index is 12.6. The van der Waals surface area contributed by atoms with Gasteiger partial charge in [-0.3, -0.25) is 20.2 Å². The molecule has 0 amide bonds. The quantitative estimate of drug-likeness (QED) is 0.319. The maximum atomic E-state index is 12.6. The number of esters is 2. The number of non-ortho nitro benzene ring substituents is 2. The van der Waals surface area contributed by atoms with Crippen LogP contribution in [0, 0.1) is 20.2 Å². The van der Waals surface area contributed by atoms with Crippen molar-refractivity contribution in [3.05, 3.63) is 79.9 Å². The van der Waals surface area contributed by atoms with Crippen molar-refractivity contribution in [1.29, 1.82) is 0 Å². The fourth-order valence-electron chi connectivity index (χ4n) is 3.72. The average molecular weight is 488 g/mol. The molecule has 4 atom stereocenters. The molecule has 2 heterocycles. The second kappa shape index (κ2) is 9.37. The van der Waals surface area contributed by atoms with Gasteiger partial charge in [-0.25, -0.2) is 9.59 Å². The zero-order valence-electron chi connectivity index (χ0n) is 18.5. The van der Waals surface area contributed by atoms with Gasteiger partial charge in [0.25, 0.3) is 11.4 Å². The number of nitro benzene ring substituents is 2. The summed E-state index contributed by atoms with van der Waals surface area (Å²) in [6.07, 6.45) is -3.55. The third kappa shape index (κ3) is 5.26. The lowest BCUT2D eigenvalue weighted by Crippen LogP contribution is -2.33. The second-order valence-electron chi connectivity index (χ2n) is 8.22. The first-order valence-electron chi connectivity index (χ1n) is 10.4. The van der Waals surface area contributed by atoms with E-state index in [0.29, 0.717) is 0 Å². The second-order valence-corrected chi connectivity index (χ2v) is 8.22. The fraction of sp³-hybridized carbons (Fsp3) is 0.364. The Labute approximate surface area is 197 Å². The molecule has 2 aliphatic rings. The third-order valence-corrected chi connectivity index (χ3v) is 5.34. The summed E-state index contributed by atoms with van der Waals surface area (Å²) in [7, 11) is 0. The molecule has 0 radical (unpaired) electrons. The van der Waals surface area contributed by atoms with E-state index in [4.69, 9.17) is 23.7 Å². The number of carbonyl (C=O) groups excluding carboxylic acids is 2. The van der Waals surface area contributed by atoms with E-state index in [-0.39, 0.29) is 29.1 Å². The predicted molar refractivity (Wildman–Crippen MR) is 114 cm³/mol. The Kier molecular flexibility index (Phi) is 6.47. The molecule has 35 heavy (non-hydrogen) atoms. The van der Waals surface area contributed by atoms with Gasteiger partial charge in [0, 0.05) is 24.3 Å². The van der Waals surface area contributed by atoms with E-state index >= 15 is 0 Å². The highest BCUT2D eigenvalue weighted by molar-refractivity contribution is 5.90. The largest absolute Gasteiger partial charge is 0.459 e. The Morgan fingerprint density at radius 1 is 0.857 bits per heavy atom. The molecule has 0 spiro atoms. The van der Waals surface area contributed by atoms with Crippen molar-refractivity contribution in [3.63, 3.8) is 0 Å². The summed E-state index contributed by atoms with van der Waals surface area (Å²) in [5.74, 6) is -2.54. The monoisotopic (exact) mass is 488 g/mol. The molecule has 13 nitrogen and oxygen atoms in total. The minimum Gasteiger partial charge on any atom is -0.459 e. The number of nitrogens with zero attached hydrogens (tertiary/aromatic N) is 2. The molecule has 2 saturated heterocycles. The standard InChI is InChI=1S/C22H20N2O11/c1-22(2)34-17-16(11-31-19(25)12-3-7-14(8-4-12)23(27)28)32-21(18(17)35-22)33-20(26)13-5-9-15(10-6-13)24(29)30/h3-10,16-18,21H,11H2,1-2H3/t16-,17-,18-,21-/m1/s1. The van der Waals surface area contributed by atoms with Gasteiger partial charge in [0.15, 0.2) is 11.9 Å². The van der Waals surface area contributed by atoms with Crippen LogP contribution in [-0.2, 0) is 23.7 Å². The zero-order valence-corrected chi connectivity index (χ0v) is 18.5. The predicted octanol–water partition coefficient (Wildman–Crippen LogP) is 2.76. The van der Waals surface area contributed by atoms with Gasteiger partial charge in [-0.05, 0) is 38.1 Å². The Morgan fingerprint density at radius 2 is 1.34 bits per heavy atom. The molecular formula is C22H20N2O11. The van der Waals surface area contributed by atoms with E-state index < -0.39 is 52.2 Å². The van der Waals surface area contributed by atoms with Crippen molar-refractivity contribution >= 4 is 23.3 Å². The van der Waals surface area contributed by atoms with E-state index in [2.05, 4.69) is 0 Å². The Morgan fingerprint density at radius 3 is 1.86 bits per heavy atom. The summed E-state index contributed by atoms with van der Waals surface area (Å²) in [5, 5.41) is 21.6. The van der Waals surface area contributed by atoms with Gasteiger partial charge in [-0.15, -0.1) is 0 Å². The number of hydrogen-bond acceptors (Lipinski definition) is 11. The van der Waals surface area contributed by atoms with Crippen molar-refractivity contribution < 1.29 is 43.1 Å². The van der Waals surface area contributed by atoms with Gasteiger partial charge < -0.3 is 23.7 Å². The molecule has 2 aromatic carbocycles. The highest BCUT2D eigenvalue weighted by atomic mass is 16.8. The molecular weight excluding hydrogens is 468 g/mol. The average Bonchev–Trinajstić information content (AvgIpc) is 3.30. The van der Waals surface area contributed by atoms with Gasteiger partial charge in [0.05, 0.1) is 21.0 Å². The van der Waals surface area contributed by atoms with Gasteiger partial charge in [0.2, 0.25) is 6.29 Å². The lowest BCUT2D eigenvalue weighted by molar-refractivity contribution is -0.385. The number of fused-ring (bicyclic) bond motifs is 1. The van der Waals surface area contributed by atoms with E-state index in [1.165, 1.54) is 48.5 Å². The van der Waals surface area contributed by atoms with Crippen LogP contribution in [0.3, 0.4) is 0 Å². The lowest BCUT2D eigenvalue weighted by atomic mass is 10.1. The summed E-state index contributed by atoms with van der Waals surface area (Å²) in [5.41, 5.74) is -0.167.